The fourth-order valence-electron chi connectivity index (χ4n) is 1.66. The molecule has 0 aliphatic rings. The molecule has 2 N–H and O–H groups in total. The van der Waals surface area contributed by atoms with Crippen LogP contribution in [0.25, 0.3) is 0 Å². The van der Waals surface area contributed by atoms with Crippen molar-refractivity contribution < 1.29 is 9.47 Å². The van der Waals surface area contributed by atoms with Crippen LogP contribution in [0.15, 0.2) is 40.2 Å². The van der Waals surface area contributed by atoms with Gasteiger partial charge in [0.1, 0.15) is 0 Å². The smallest absolute Gasteiger partial charge is 0.191 e. The molecule has 0 saturated carbocycles. The van der Waals surface area contributed by atoms with Gasteiger partial charge >= 0.3 is 0 Å². The second-order valence-electron chi connectivity index (χ2n) is 4.45. The lowest BCUT2D eigenvalue weighted by atomic mass is 10.4. The van der Waals surface area contributed by atoms with E-state index in [9.17, 15) is 0 Å². The molecule has 0 spiro atoms. The summed E-state index contributed by atoms with van der Waals surface area (Å²) in [5, 5.41) is 6.56. The molecule has 0 radical (unpaired) electrons. The number of thioether (sulfide) groups is 1. The molecule has 124 valence electrons. The van der Waals surface area contributed by atoms with Crippen LogP contribution in [0.4, 0.5) is 0 Å². The number of hydrogen-bond acceptors (Lipinski definition) is 4. The van der Waals surface area contributed by atoms with Crippen molar-refractivity contribution in [2.45, 2.75) is 11.8 Å². The van der Waals surface area contributed by atoms with Gasteiger partial charge in [-0.3, -0.25) is 4.99 Å². The summed E-state index contributed by atoms with van der Waals surface area (Å²) in [5.74, 6) is 1.84. The largest absolute Gasteiger partial charge is 0.382 e. The Kier molecular flexibility index (Phi) is 11.5. The molecule has 5 nitrogen and oxygen atoms in total. The lowest BCUT2D eigenvalue weighted by Crippen LogP contribution is -2.38. The van der Waals surface area contributed by atoms with E-state index in [2.05, 4.69) is 46.8 Å². The summed E-state index contributed by atoms with van der Waals surface area (Å²) in [7, 11) is 1.67. The quantitative estimate of drug-likeness (QED) is 0.282. The third-order valence-corrected chi connectivity index (χ3v) is 3.70. The number of hydrogen-bond donors (Lipinski definition) is 2. The standard InChI is InChI=1S/C16H27N3O2S/c1-3-17-16(18-9-11-21-13-12-20-2)19-10-14-22-15-7-5-4-6-8-15/h4-8H,3,9-14H2,1-2H3,(H2,17,18,19). The van der Waals surface area contributed by atoms with E-state index in [1.54, 1.807) is 7.11 Å². The Labute approximate surface area is 137 Å². The number of methoxy groups -OCH3 is 1. The first kappa shape index (κ1) is 18.8. The minimum atomic E-state index is 0.610. The molecule has 0 heterocycles. The Morgan fingerprint density at radius 1 is 1.14 bits per heavy atom. The predicted molar refractivity (Wildman–Crippen MR) is 93.8 cm³/mol. The van der Waals surface area contributed by atoms with Gasteiger partial charge in [-0.1, -0.05) is 18.2 Å². The SMILES string of the molecule is CCNC(=NCCOCCOC)NCCSc1ccccc1. The van der Waals surface area contributed by atoms with Crippen LogP contribution >= 0.6 is 11.8 Å². The molecule has 0 unspecified atom stereocenters. The summed E-state index contributed by atoms with van der Waals surface area (Å²) in [4.78, 5) is 5.76. The van der Waals surface area contributed by atoms with Gasteiger partial charge in [-0.15, -0.1) is 11.8 Å². The van der Waals surface area contributed by atoms with E-state index >= 15 is 0 Å². The number of benzene rings is 1. The van der Waals surface area contributed by atoms with E-state index in [4.69, 9.17) is 9.47 Å². The van der Waals surface area contributed by atoms with Crippen LogP contribution in [0.3, 0.4) is 0 Å². The molecule has 6 heteroatoms. The number of aliphatic imine (C=N–C) groups is 1. The first-order valence-corrected chi connectivity index (χ1v) is 8.62. The van der Waals surface area contributed by atoms with E-state index in [0.717, 1.165) is 24.8 Å². The van der Waals surface area contributed by atoms with Crippen LogP contribution in [-0.2, 0) is 9.47 Å². The number of nitrogens with one attached hydrogen (secondary N) is 2. The summed E-state index contributed by atoms with van der Waals surface area (Å²) < 4.78 is 10.3. The number of nitrogens with zero attached hydrogens (tertiary/aromatic N) is 1. The maximum absolute atomic E-state index is 5.39. The summed E-state index contributed by atoms with van der Waals surface area (Å²) >= 11 is 1.83. The van der Waals surface area contributed by atoms with Crippen molar-refractivity contribution in [1.82, 2.24) is 10.6 Å². The van der Waals surface area contributed by atoms with Crippen molar-refractivity contribution in [1.29, 1.82) is 0 Å². The van der Waals surface area contributed by atoms with Gasteiger partial charge in [-0.05, 0) is 19.1 Å². The summed E-state index contributed by atoms with van der Waals surface area (Å²) in [6.45, 7) is 6.27. The van der Waals surface area contributed by atoms with E-state index in [1.807, 2.05) is 17.8 Å². The summed E-state index contributed by atoms with van der Waals surface area (Å²) in [6.07, 6.45) is 0. The molecule has 0 saturated heterocycles. The average Bonchev–Trinajstić information content (AvgIpc) is 2.55. The Bertz CT molecular complexity index is 402. The van der Waals surface area contributed by atoms with E-state index in [0.29, 0.717) is 26.4 Å². The van der Waals surface area contributed by atoms with Crippen LogP contribution in [0, 0.1) is 0 Å². The van der Waals surface area contributed by atoms with Crippen LogP contribution in [0.2, 0.25) is 0 Å². The minimum absolute atomic E-state index is 0.610. The van der Waals surface area contributed by atoms with Crippen molar-refractivity contribution in [3.8, 4) is 0 Å². The fourth-order valence-corrected chi connectivity index (χ4v) is 2.45. The molecule has 0 aliphatic carbocycles. The lowest BCUT2D eigenvalue weighted by molar-refractivity contribution is 0.0748. The molecule has 1 rings (SSSR count). The monoisotopic (exact) mass is 325 g/mol. The molecular formula is C16H27N3O2S. The van der Waals surface area contributed by atoms with Crippen LogP contribution in [0.5, 0.6) is 0 Å². The van der Waals surface area contributed by atoms with Crippen molar-refractivity contribution in [3.63, 3.8) is 0 Å². The van der Waals surface area contributed by atoms with Crippen molar-refractivity contribution in [3.05, 3.63) is 30.3 Å². The molecule has 22 heavy (non-hydrogen) atoms. The molecule has 0 atom stereocenters. The van der Waals surface area contributed by atoms with Gasteiger partial charge in [-0.2, -0.15) is 0 Å². The van der Waals surface area contributed by atoms with Gasteiger partial charge in [0.05, 0.1) is 26.4 Å². The molecule has 0 aromatic heterocycles. The molecule has 0 fully saturated rings. The second kappa shape index (κ2) is 13.4. The van der Waals surface area contributed by atoms with Gasteiger partial charge in [0.2, 0.25) is 0 Å². The normalized spacial score (nSPS) is 11.5. The van der Waals surface area contributed by atoms with Crippen molar-refractivity contribution in [2.75, 3.05) is 52.3 Å². The number of rotatable bonds is 11. The minimum Gasteiger partial charge on any atom is -0.382 e. The molecule has 1 aromatic carbocycles. The molecular weight excluding hydrogens is 298 g/mol. The maximum Gasteiger partial charge on any atom is 0.191 e. The zero-order valence-electron chi connectivity index (χ0n) is 13.5. The Morgan fingerprint density at radius 3 is 2.68 bits per heavy atom. The molecule has 0 bridgehead atoms. The van der Waals surface area contributed by atoms with Gasteiger partial charge < -0.3 is 20.1 Å². The predicted octanol–water partition coefficient (Wildman–Crippen LogP) is 2.00. The number of ether oxygens (including phenoxy) is 2. The highest BCUT2D eigenvalue weighted by atomic mass is 32.2. The Hall–Kier alpha value is -1.24. The van der Waals surface area contributed by atoms with Crippen molar-refractivity contribution >= 4 is 17.7 Å². The third-order valence-electron chi connectivity index (χ3n) is 2.69. The van der Waals surface area contributed by atoms with E-state index < -0.39 is 0 Å². The van der Waals surface area contributed by atoms with Crippen LogP contribution < -0.4 is 10.6 Å². The zero-order chi connectivity index (χ0) is 15.9. The lowest BCUT2D eigenvalue weighted by Gasteiger charge is -2.11. The van der Waals surface area contributed by atoms with Gasteiger partial charge in [0.25, 0.3) is 0 Å². The highest BCUT2D eigenvalue weighted by Gasteiger charge is 1.97. The van der Waals surface area contributed by atoms with Crippen molar-refractivity contribution in [2.24, 2.45) is 4.99 Å². The zero-order valence-corrected chi connectivity index (χ0v) is 14.3. The van der Waals surface area contributed by atoms with E-state index in [1.165, 1.54) is 4.90 Å². The Morgan fingerprint density at radius 2 is 1.95 bits per heavy atom. The molecule has 1 aromatic rings. The highest BCUT2D eigenvalue weighted by molar-refractivity contribution is 7.99. The maximum atomic E-state index is 5.39. The third kappa shape index (κ3) is 9.65. The first-order chi connectivity index (χ1) is 10.9. The molecule has 0 aliphatic heterocycles. The van der Waals surface area contributed by atoms with Gasteiger partial charge in [-0.25, -0.2) is 0 Å². The van der Waals surface area contributed by atoms with Crippen LogP contribution in [-0.4, -0.2) is 58.3 Å². The summed E-state index contributed by atoms with van der Waals surface area (Å²) in [6, 6.07) is 10.4. The fraction of sp³-hybridized carbons (Fsp3) is 0.562. The topological polar surface area (TPSA) is 54.9 Å². The van der Waals surface area contributed by atoms with E-state index in [-0.39, 0.29) is 0 Å². The number of guanidine groups is 1. The first-order valence-electron chi connectivity index (χ1n) is 7.63. The second-order valence-corrected chi connectivity index (χ2v) is 5.62. The average molecular weight is 325 g/mol. The Balaban J connectivity index is 2.16. The van der Waals surface area contributed by atoms with Gasteiger partial charge in [0.15, 0.2) is 5.96 Å². The van der Waals surface area contributed by atoms with Gasteiger partial charge in [0, 0.05) is 30.8 Å². The highest BCUT2D eigenvalue weighted by Crippen LogP contribution is 2.15. The summed E-state index contributed by atoms with van der Waals surface area (Å²) in [5.41, 5.74) is 0. The van der Waals surface area contributed by atoms with Crippen LogP contribution in [0.1, 0.15) is 6.92 Å². The molecule has 0 amide bonds.